The summed E-state index contributed by atoms with van der Waals surface area (Å²) >= 11 is 0. The van der Waals surface area contributed by atoms with Gasteiger partial charge >= 0.3 is 0 Å². The highest BCUT2D eigenvalue weighted by molar-refractivity contribution is 7.79. The lowest BCUT2D eigenvalue weighted by molar-refractivity contribution is 0.568. The number of benzene rings is 2. The molecule has 0 aliphatic heterocycles. The second-order valence-electron chi connectivity index (χ2n) is 5.67. The van der Waals surface area contributed by atoms with Crippen molar-refractivity contribution in [2.24, 2.45) is 0 Å². The van der Waals surface area contributed by atoms with Crippen molar-refractivity contribution in [1.29, 1.82) is 0 Å². The van der Waals surface area contributed by atoms with E-state index in [4.69, 9.17) is 0 Å². The number of unbranched alkanes of at least 4 members (excludes halogenated alkanes) is 2. The summed E-state index contributed by atoms with van der Waals surface area (Å²) in [4.78, 5) is 0. The SMILES string of the molecule is CCCCCC(C)P(=O)(c1ccccc1)c1ccccc1. The van der Waals surface area contributed by atoms with Gasteiger partial charge in [-0.05, 0) is 6.42 Å². The third-order valence-corrected chi connectivity index (χ3v) is 7.76. The van der Waals surface area contributed by atoms with Crippen molar-refractivity contribution in [2.45, 2.75) is 45.2 Å². The van der Waals surface area contributed by atoms with Gasteiger partial charge in [0.25, 0.3) is 0 Å². The average Bonchev–Trinajstić information content (AvgIpc) is 2.56. The van der Waals surface area contributed by atoms with Gasteiger partial charge in [0.1, 0.15) is 7.14 Å². The van der Waals surface area contributed by atoms with Crippen molar-refractivity contribution >= 4 is 17.8 Å². The van der Waals surface area contributed by atoms with Gasteiger partial charge in [-0.25, -0.2) is 0 Å². The van der Waals surface area contributed by atoms with Crippen molar-refractivity contribution in [1.82, 2.24) is 0 Å². The zero-order valence-corrected chi connectivity index (χ0v) is 13.9. The van der Waals surface area contributed by atoms with Crippen LogP contribution in [0.3, 0.4) is 0 Å². The first-order valence-corrected chi connectivity index (χ1v) is 9.68. The second-order valence-corrected chi connectivity index (χ2v) is 8.90. The van der Waals surface area contributed by atoms with Crippen molar-refractivity contribution in [3.05, 3.63) is 60.7 Å². The number of hydrogen-bond acceptors (Lipinski definition) is 1. The highest BCUT2D eigenvalue weighted by Crippen LogP contribution is 2.50. The van der Waals surface area contributed by atoms with Gasteiger partial charge in [-0.2, -0.15) is 0 Å². The van der Waals surface area contributed by atoms with Crippen molar-refractivity contribution < 1.29 is 4.57 Å². The van der Waals surface area contributed by atoms with Crippen molar-refractivity contribution in [3.8, 4) is 0 Å². The summed E-state index contributed by atoms with van der Waals surface area (Å²) in [5, 5.41) is 1.97. The number of rotatable bonds is 7. The first-order chi connectivity index (χ1) is 10.2. The van der Waals surface area contributed by atoms with Crippen molar-refractivity contribution in [2.75, 3.05) is 0 Å². The predicted octanol–water partition coefficient (Wildman–Crippen LogP) is 4.97. The summed E-state index contributed by atoms with van der Waals surface area (Å²) in [6, 6.07) is 20.0. The van der Waals surface area contributed by atoms with Crippen LogP contribution in [0.25, 0.3) is 0 Å². The maximum Gasteiger partial charge on any atom is 0.145 e. The summed E-state index contributed by atoms with van der Waals surface area (Å²) in [6.45, 7) is 4.36. The smallest absolute Gasteiger partial charge is 0.145 e. The Morgan fingerprint density at radius 1 is 0.857 bits per heavy atom. The molecule has 0 aliphatic carbocycles. The molecule has 0 amide bonds. The van der Waals surface area contributed by atoms with E-state index in [0.717, 1.165) is 23.5 Å². The Balaban J connectivity index is 2.38. The van der Waals surface area contributed by atoms with Crippen LogP contribution in [0.15, 0.2) is 60.7 Å². The van der Waals surface area contributed by atoms with Gasteiger partial charge in [0.05, 0.1) is 0 Å². The Morgan fingerprint density at radius 3 is 1.76 bits per heavy atom. The van der Waals surface area contributed by atoms with Crippen LogP contribution >= 0.6 is 7.14 Å². The standard InChI is InChI=1S/C19H25OP/c1-3-4-7-12-17(2)21(20,18-13-8-5-9-14-18)19-15-10-6-11-16-19/h5-6,8-11,13-17H,3-4,7,12H2,1-2H3. The summed E-state index contributed by atoms with van der Waals surface area (Å²) < 4.78 is 13.9. The molecule has 2 aromatic rings. The van der Waals surface area contributed by atoms with E-state index in [1.54, 1.807) is 0 Å². The average molecular weight is 300 g/mol. The highest BCUT2D eigenvalue weighted by Gasteiger charge is 2.32. The van der Waals surface area contributed by atoms with E-state index >= 15 is 0 Å². The minimum absolute atomic E-state index is 0.189. The summed E-state index contributed by atoms with van der Waals surface area (Å²) in [7, 11) is -2.56. The van der Waals surface area contributed by atoms with Crippen LogP contribution in [-0.4, -0.2) is 5.66 Å². The lowest BCUT2D eigenvalue weighted by atomic mass is 10.2. The molecule has 1 unspecified atom stereocenters. The molecule has 0 radical (unpaired) electrons. The Morgan fingerprint density at radius 2 is 1.33 bits per heavy atom. The molecule has 0 saturated carbocycles. The van der Waals surface area contributed by atoms with E-state index in [-0.39, 0.29) is 5.66 Å². The minimum Gasteiger partial charge on any atom is -0.313 e. The highest BCUT2D eigenvalue weighted by atomic mass is 31.2. The summed E-state index contributed by atoms with van der Waals surface area (Å²) in [6.07, 6.45) is 4.60. The van der Waals surface area contributed by atoms with Crippen LogP contribution in [0.5, 0.6) is 0 Å². The Kier molecular flexibility index (Phi) is 5.82. The molecule has 112 valence electrons. The Hall–Kier alpha value is -1.33. The fourth-order valence-corrected chi connectivity index (χ4v) is 5.92. The molecule has 0 aliphatic rings. The van der Waals surface area contributed by atoms with E-state index in [2.05, 4.69) is 13.8 Å². The van der Waals surface area contributed by atoms with E-state index in [9.17, 15) is 4.57 Å². The topological polar surface area (TPSA) is 17.1 Å². The minimum atomic E-state index is -2.56. The predicted molar refractivity (Wildman–Crippen MR) is 93.4 cm³/mol. The molecule has 0 spiro atoms. The zero-order valence-electron chi connectivity index (χ0n) is 13.0. The second kappa shape index (κ2) is 7.61. The maximum absolute atomic E-state index is 13.9. The molecule has 1 atom stereocenters. The van der Waals surface area contributed by atoms with Crippen molar-refractivity contribution in [3.63, 3.8) is 0 Å². The first kappa shape index (κ1) is 16.0. The quantitative estimate of drug-likeness (QED) is 0.521. The van der Waals surface area contributed by atoms with Crippen LogP contribution in [0.2, 0.25) is 0 Å². The van der Waals surface area contributed by atoms with Gasteiger partial charge < -0.3 is 4.57 Å². The molecule has 1 nitrogen and oxygen atoms in total. The molecule has 2 aromatic carbocycles. The van der Waals surface area contributed by atoms with Gasteiger partial charge in [0.15, 0.2) is 0 Å². The molecule has 0 fully saturated rings. The molecule has 2 rings (SSSR count). The van der Waals surface area contributed by atoms with Crippen LogP contribution in [0.1, 0.15) is 39.5 Å². The first-order valence-electron chi connectivity index (χ1n) is 7.90. The third-order valence-electron chi connectivity index (χ3n) is 4.13. The Bertz CT molecular complexity index is 534. The number of hydrogen-bond donors (Lipinski definition) is 0. The zero-order chi connectivity index (χ0) is 15.1. The molecular weight excluding hydrogens is 275 g/mol. The molecule has 0 heterocycles. The van der Waals surface area contributed by atoms with Gasteiger partial charge in [-0.15, -0.1) is 0 Å². The van der Waals surface area contributed by atoms with Gasteiger partial charge in [-0.1, -0.05) is 93.8 Å². The van der Waals surface area contributed by atoms with Crippen LogP contribution < -0.4 is 10.6 Å². The van der Waals surface area contributed by atoms with Crippen LogP contribution in [0.4, 0.5) is 0 Å². The molecule has 0 bridgehead atoms. The molecule has 0 saturated heterocycles. The van der Waals surface area contributed by atoms with E-state index in [1.807, 2.05) is 60.7 Å². The maximum atomic E-state index is 13.9. The summed E-state index contributed by atoms with van der Waals surface area (Å²) in [5.41, 5.74) is 0.189. The third kappa shape index (κ3) is 3.66. The molecule has 21 heavy (non-hydrogen) atoms. The van der Waals surface area contributed by atoms with Gasteiger partial charge in [0.2, 0.25) is 0 Å². The van der Waals surface area contributed by atoms with Crippen LogP contribution in [-0.2, 0) is 4.57 Å². The Labute approximate surface area is 128 Å². The van der Waals surface area contributed by atoms with Gasteiger partial charge in [-0.3, -0.25) is 0 Å². The fraction of sp³-hybridized carbons (Fsp3) is 0.368. The lowest BCUT2D eigenvalue weighted by Crippen LogP contribution is -2.24. The van der Waals surface area contributed by atoms with Crippen LogP contribution in [0, 0.1) is 0 Å². The molecule has 2 heteroatoms. The monoisotopic (exact) mass is 300 g/mol. The van der Waals surface area contributed by atoms with E-state index < -0.39 is 7.14 Å². The lowest BCUT2D eigenvalue weighted by Gasteiger charge is -2.26. The van der Waals surface area contributed by atoms with E-state index in [0.29, 0.717) is 0 Å². The van der Waals surface area contributed by atoms with Gasteiger partial charge in [0, 0.05) is 16.3 Å². The summed E-state index contributed by atoms with van der Waals surface area (Å²) in [5.74, 6) is 0. The fourth-order valence-electron chi connectivity index (χ4n) is 2.83. The largest absolute Gasteiger partial charge is 0.313 e. The normalized spacial score (nSPS) is 13.0. The molecule has 0 aromatic heterocycles. The van der Waals surface area contributed by atoms with E-state index in [1.165, 1.54) is 12.8 Å². The molecule has 0 N–H and O–H groups in total. The molecular formula is C19H25OP.